The number of anilines is 2. The highest BCUT2D eigenvalue weighted by Crippen LogP contribution is 2.21. The molecule has 1 unspecified atom stereocenters. The van der Waals surface area contributed by atoms with Gasteiger partial charge in [-0.05, 0) is 39.0 Å². The largest absolute Gasteiger partial charge is 0.380 e. The van der Waals surface area contributed by atoms with E-state index in [4.69, 9.17) is 10.5 Å². The Morgan fingerprint density at radius 1 is 1.39 bits per heavy atom. The van der Waals surface area contributed by atoms with Gasteiger partial charge in [-0.25, -0.2) is 4.79 Å². The molecule has 5 nitrogen and oxygen atoms in total. The van der Waals surface area contributed by atoms with Gasteiger partial charge < -0.3 is 21.1 Å². The second-order valence-corrected chi connectivity index (χ2v) is 4.74. The molecule has 1 aromatic carbocycles. The minimum Gasteiger partial charge on any atom is -0.380 e. The molecule has 0 saturated heterocycles. The standard InChI is InChI=1S/C13H21N3O2/c1-9(13(2,3)18-4)15-10-6-5-7-11(8-10)16-12(14)17/h5-9,15H,1-4H3,(H3,14,16,17). The molecule has 0 spiro atoms. The fourth-order valence-electron chi connectivity index (χ4n) is 1.43. The van der Waals surface area contributed by atoms with Crippen LogP contribution in [0.5, 0.6) is 0 Å². The molecule has 100 valence electrons. The molecule has 0 fully saturated rings. The van der Waals surface area contributed by atoms with Crippen LogP contribution in [0.1, 0.15) is 20.8 Å². The molecule has 0 bridgehead atoms. The van der Waals surface area contributed by atoms with E-state index in [1.807, 2.05) is 39.0 Å². The number of nitrogens with one attached hydrogen (secondary N) is 2. The summed E-state index contributed by atoms with van der Waals surface area (Å²) in [6.07, 6.45) is 0. The summed E-state index contributed by atoms with van der Waals surface area (Å²) in [6, 6.07) is 6.92. The van der Waals surface area contributed by atoms with Crippen molar-refractivity contribution in [2.75, 3.05) is 17.7 Å². The lowest BCUT2D eigenvalue weighted by Gasteiger charge is -2.31. The van der Waals surface area contributed by atoms with Crippen LogP contribution in [0.2, 0.25) is 0 Å². The molecule has 1 rings (SSSR count). The SMILES string of the molecule is COC(C)(C)C(C)Nc1cccc(NC(N)=O)c1. The minimum atomic E-state index is -0.572. The van der Waals surface area contributed by atoms with Crippen LogP contribution in [0, 0.1) is 0 Å². The highest BCUT2D eigenvalue weighted by molar-refractivity contribution is 5.88. The molecule has 0 aliphatic rings. The number of methoxy groups -OCH3 is 1. The summed E-state index contributed by atoms with van der Waals surface area (Å²) in [5.74, 6) is 0. The van der Waals surface area contributed by atoms with E-state index in [-0.39, 0.29) is 11.6 Å². The molecular formula is C13H21N3O2. The number of nitrogens with two attached hydrogens (primary N) is 1. The van der Waals surface area contributed by atoms with Gasteiger partial charge >= 0.3 is 6.03 Å². The van der Waals surface area contributed by atoms with Crippen molar-refractivity contribution >= 4 is 17.4 Å². The van der Waals surface area contributed by atoms with Gasteiger partial charge in [0.15, 0.2) is 0 Å². The van der Waals surface area contributed by atoms with Crippen molar-refractivity contribution in [1.82, 2.24) is 0 Å². The lowest BCUT2D eigenvalue weighted by molar-refractivity contribution is 0.0107. The maximum Gasteiger partial charge on any atom is 0.316 e. The highest BCUT2D eigenvalue weighted by Gasteiger charge is 2.24. The number of carbonyl (C=O) groups excluding carboxylic acids is 1. The summed E-state index contributed by atoms with van der Waals surface area (Å²) in [4.78, 5) is 10.8. The van der Waals surface area contributed by atoms with Gasteiger partial charge in [-0.2, -0.15) is 0 Å². The molecule has 5 heteroatoms. The average Bonchev–Trinajstić information content (AvgIpc) is 2.28. The Labute approximate surface area is 108 Å². The number of hydrogen-bond donors (Lipinski definition) is 3. The molecule has 0 heterocycles. The number of rotatable bonds is 5. The summed E-state index contributed by atoms with van der Waals surface area (Å²) in [5, 5.41) is 5.87. The molecule has 0 saturated carbocycles. The van der Waals surface area contributed by atoms with Gasteiger partial charge in [0.1, 0.15) is 0 Å². The van der Waals surface area contributed by atoms with E-state index in [9.17, 15) is 4.79 Å². The van der Waals surface area contributed by atoms with Crippen LogP contribution >= 0.6 is 0 Å². The normalized spacial score (nSPS) is 12.9. The zero-order chi connectivity index (χ0) is 13.8. The second-order valence-electron chi connectivity index (χ2n) is 4.74. The van der Waals surface area contributed by atoms with E-state index in [0.717, 1.165) is 5.69 Å². The Hall–Kier alpha value is -1.75. The summed E-state index contributed by atoms with van der Waals surface area (Å²) in [5.41, 5.74) is 6.36. The number of ether oxygens (including phenoxy) is 1. The number of hydrogen-bond acceptors (Lipinski definition) is 3. The number of carbonyl (C=O) groups is 1. The quantitative estimate of drug-likeness (QED) is 0.752. The fraction of sp³-hybridized carbons (Fsp3) is 0.462. The van der Waals surface area contributed by atoms with Crippen molar-refractivity contribution < 1.29 is 9.53 Å². The molecule has 1 atom stereocenters. The fourth-order valence-corrected chi connectivity index (χ4v) is 1.43. The molecule has 2 amide bonds. The van der Waals surface area contributed by atoms with Crippen LogP contribution in [0.4, 0.5) is 16.2 Å². The van der Waals surface area contributed by atoms with Gasteiger partial charge in [0.2, 0.25) is 0 Å². The first-order chi connectivity index (χ1) is 8.35. The van der Waals surface area contributed by atoms with Crippen LogP contribution in [-0.4, -0.2) is 24.8 Å². The lowest BCUT2D eigenvalue weighted by Crippen LogP contribution is -2.41. The molecular weight excluding hydrogens is 230 g/mol. The van der Waals surface area contributed by atoms with Crippen molar-refractivity contribution in [3.63, 3.8) is 0 Å². The van der Waals surface area contributed by atoms with E-state index in [1.165, 1.54) is 0 Å². The van der Waals surface area contributed by atoms with Gasteiger partial charge in [-0.15, -0.1) is 0 Å². The molecule has 18 heavy (non-hydrogen) atoms. The molecule has 0 radical (unpaired) electrons. The average molecular weight is 251 g/mol. The van der Waals surface area contributed by atoms with Crippen molar-refractivity contribution in [2.45, 2.75) is 32.4 Å². The van der Waals surface area contributed by atoms with Gasteiger partial charge in [-0.1, -0.05) is 6.07 Å². The summed E-state index contributed by atoms with van der Waals surface area (Å²) in [6.45, 7) is 6.06. The number of benzene rings is 1. The lowest BCUT2D eigenvalue weighted by atomic mass is 10.00. The molecule has 1 aromatic rings. The zero-order valence-electron chi connectivity index (χ0n) is 11.3. The first-order valence-corrected chi connectivity index (χ1v) is 5.83. The molecule has 0 aromatic heterocycles. The Bertz CT molecular complexity index is 418. The van der Waals surface area contributed by atoms with E-state index < -0.39 is 6.03 Å². The Morgan fingerprint density at radius 3 is 2.56 bits per heavy atom. The number of urea groups is 1. The zero-order valence-corrected chi connectivity index (χ0v) is 11.3. The number of amides is 2. The van der Waals surface area contributed by atoms with Crippen molar-refractivity contribution in [1.29, 1.82) is 0 Å². The minimum absolute atomic E-state index is 0.117. The van der Waals surface area contributed by atoms with Crippen LogP contribution in [0.15, 0.2) is 24.3 Å². The van der Waals surface area contributed by atoms with E-state index >= 15 is 0 Å². The first-order valence-electron chi connectivity index (χ1n) is 5.83. The summed E-state index contributed by atoms with van der Waals surface area (Å²) < 4.78 is 5.41. The Balaban J connectivity index is 2.76. The predicted octanol–water partition coefficient (Wildman–Crippen LogP) is 2.40. The second kappa shape index (κ2) is 5.73. The van der Waals surface area contributed by atoms with Crippen molar-refractivity contribution in [3.05, 3.63) is 24.3 Å². The molecule has 0 aliphatic carbocycles. The maximum atomic E-state index is 10.8. The van der Waals surface area contributed by atoms with E-state index in [0.29, 0.717) is 5.69 Å². The van der Waals surface area contributed by atoms with Crippen LogP contribution in [0.3, 0.4) is 0 Å². The van der Waals surface area contributed by atoms with Crippen LogP contribution in [0.25, 0.3) is 0 Å². The van der Waals surface area contributed by atoms with Crippen LogP contribution in [-0.2, 0) is 4.74 Å². The molecule has 4 N–H and O–H groups in total. The maximum absolute atomic E-state index is 10.8. The Morgan fingerprint density at radius 2 is 2.00 bits per heavy atom. The predicted molar refractivity (Wildman–Crippen MR) is 73.8 cm³/mol. The van der Waals surface area contributed by atoms with E-state index in [2.05, 4.69) is 10.6 Å². The summed E-state index contributed by atoms with van der Waals surface area (Å²) in [7, 11) is 1.68. The van der Waals surface area contributed by atoms with Gasteiger partial charge in [0, 0.05) is 18.5 Å². The van der Waals surface area contributed by atoms with Crippen molar-refractivity contribution in [3.8, 4) is 0 Å². The van der Waals surface area contributed by atoms with Crippen molar-refractivity contribution in [2.24, 2.45) is 5.73 Å². The smallest absolute Gasteiger partial charge is 0.316 e. The monoisotopic (exact) mass is 251 g/mol. The Kier molecular flexibility index (Phi) is 4.55. The van der Waals surface area contributed by atoms with Gasteiger partial charge in [0.25, 0.3) is 0 Å². The third-order valence-corrected chi connectivity index (χ3v) is 3.08. The van der Waals surface area contributed by atoms with E-state index in [1.54, 1.807) is 13.2 Å². The topological polar surface area (TPSA) is 76.4 Å². The van der Waals surface area contributed by atoms with Gasteiger partial charge in [0.05, 0.1) is 11.6 Å². The van der Waals surface area contributed by atoms with Crippen LogP contribution < -0.4 is 16.4 Å². The summed E-state index contributed by atoms with van der Waals surface area (Å²) >= 11 is 0. The first kappa shape index (κ1) is 14.3. The van der Waals surface area contributed by atoms with Gasteiger partial charge in [-0.3, -0.25) is 0 Å². The highest BCUT2D eigenvalue weighted by atomic mass is 16.5. The third-order valence-electron chi connectivity index (χ3n) is 3.08. The third kappa shape index (κ3) is 3.92. The molecule has 0 aliphatic heterocycles. The number of primary amides is 1.